The van der Waals surface area contributed by atoms with Gasteiger partial charge in [0.25, 0.3) is 5.78 Å². The van der Waals surface area contributed by atoms with Crippen LogP contribution in [0.2, 0.25) is 0 Å². The molecule has 3 aromatic rings. The topological polar surface area (TPSA) is 114 Å². The van der Waals surface area contributed by atoms with Gasteiger partial charge in [-0.25, -0.2) is 4.98 Å². The van der Waals surface area contributed by atoms with Crippen LogP contribution in [0.15, 0.2) is 29.9 Å². The van der Waals surface area contributed by atoms with Gasteiger partial charge in [0, 0.05) is 24.2 Å². The summed E-state index contributed by atoms with van der Waals surface area (Å²) in [4.78, 5) is 31.9. The normalized spacial score (nSPS) is 10.5. The van der Waals surface area contributed by atoms with Gasteiger partial charge in [0.2, 0.25) is 11.6 Å². The van der Waals surface area contributed by atoms with Crippen LogP contribution in [0.5, 0.6) is 0 Å². The van der Waals surface area contributed by atoms with Crippen LogP contribution in [0.25, 0.3) is 0 Å². The van der Waals surface area contributed by atoms with Crippen LogP contribution in [-0.4, -0.2) is 42.2 Å². The van der Waals surface area contributed by atoms with E-state index in [0.29, 0.717) is 12.1 Å². The van der Waals surface area contributed by atoms with E-state index in [4.69, 9.17) is 0 Å². The molecule has 9 heteroatoms. The highest BCUT2D eigenvalue weighted by molar-refractivity contribution is 7.09. The maximum atomic E-state index is 11.9. The van der Waals surface area contributed by atoms with Gasteiger partial charge >= 0.3 is 0 Å². The molecule has 0 fully saturated rings. The van der Waals surface area contributed by atoms with Crippen LogP contribution in [0.3, 0.4) is 0 Å². The van der Waals surface area contributed by atoms with E-state index in [1.807, 2.05) is 12.1 Å². The third-order valence-electron chi connectivity index (χ3n) is 2.85. The van der Waals surface area contributed by atoms with E-state index in [-0.39, 0.29) is 12.2 Å². The second kappa shape index (κ2) is 6.31. The van der Waals surface area contributed by atoms with Crippen molar-refractivity contribution in [2.45, 2.75) is 12.8 Å². The summed E-state index contributed by atoms with van der Waals surface area (Å²) in [5, 5.41) is 15.0. The number of rotatable bonds is 6. The Balaban J connectivity index is 1.64. The number of tetrazole rings is 1. The molecule has 0 amide bonds. The Hall–Kier alpha value is -2.81. The average molecular weight is 314 g/mol. The maximum absolute atomic E-state index is 11.9. The zero-order chi connectivity index (χ0) is 15.4. The first-order valence-electron chi connectivity index (χ1n) is 6.35. The van der Waals surface area contributed by atoms with Crippen molar-refractivity contribution in [3.8, 4) is 0 Å². The lowest BCUT2D eigenvalue weighted by molar-refractivity contribution is -0.114. The van der Waals surface area contributed by atoms with Crippen molar-refractivity contribution >= 4 is 22.9 Å². The highest BCUT2D eigenvalue weighted by Gasteiger charge is 2.21. The first-order chi connectivity index (χ1) is 10.7. The lowest BCUT2D eigenvalue weighted by Crippen LogP contribution is -2.18. The molecule has 0 bridgehead atoms. The second-order valence-corrected chi connectivity index (χ2v) is 5.37. The van der Waals surface area contributed by atoms with Crippen molar-refractivity contribution in [3.05, 3.63) is 52.0 Å². The Morgan fingerprint density at radius 3 is 2.77 bits per heavy atom. The number of H-pyrrole nitrogens is 1. The summed E-state index contributed by atoms with van der Waals surface area (Å²) in [5.74, 6) is -1.60. The van der Waals surface area contributed by atoms with Crippen LogP contribution in [0, 0.1) is 0 Å². The van der Waals surface area contributed by atoms with Crippen LogP contribution in [0.1, 0.15) is 26.9 Å². The summed E-state index contributed by atoms with van der Waals surface area (Å²) in [5.41, 5.74) is 1.65. The summed E-state index contributed by atoms with van der Waals surface area (Å²) < 4.78 is 0. The second-order valence-electron chi connectivity index (χ2n) is 4.43. The number of hydrogen-bond acceptors (Lipinski definition) is 8. The largest absolute Gasteiger partial charge is 0.290 e. The minimum absolute atomic E-state index is 0.0692. The monoisotopic (exact) mass is 314 g/mol. The molecule has 0 aliphatic rings. The van der Waals surface area contributed by atoms with Crippen molar-refractivity contribution in [3.63, 3.8) is 0 Å². The van der Waals surface area contributed by atoms with Crippen LogP contribution >= 0.6 is 11.3 Å². The number of aromatic amines is 1. The lowest BCUT2D eigenvalue weighted by Gasteiger charge is -1.96. The molecule has 3 rings (SSSR count). The zero-order valence-electron chi connectivity index (χ0n) is 11.3. The summed E-state index contributed by atoms with van der Waals surface area (Å²) in [6, 6.07) is 3.82. The highest BCUT2D eigenvalue weighted by Crippen LogP contribution is 2.15. The molecule has 22 heavy (non-hydrogen) atoms. The minimum Gasteiger partial charge on any atom is -0.290 e. The predicted octanol–water partition coefficient (Wildman–Crippen LogP) is 0.637. The van der Waals surface area contributed by atoms with Crippen molar-refractivity contribution in [1.82, 2.24) is 30.6 Å². The number of carbonyl (C=O) groups excluding carboxylic acids is 2. The standard InChI is InChI=1S/C13H10N6O2S/c20-10(12(21)13-16-18-19-17-13)6-9-7-22-11(15-9)5-8-1-3-14-4-2-8/h1-4,7H,5-6H2,(H,16,17,18,19). The fourth-order valence-electron chi connectivity index (χ4n) is 1.81. The molecule has 0 saturated carbocycles. The first-order valence-corrected chi connectivity index (χ1v) is 7.23. The molecule has 3 heterocycles. The number of Topliss-reactive ketones (excluding diaryl/α,β-unsaturated/α-hetero) is 2. The number of hydrogen-bond donors (Lipinski definition) is 1. The molecule has 0 atom stereocenters. The van der Waals surface area contributed by atoms with Gasteiger partial charge in [-0.3, -0.25) is 14.6 Å². The van der Waals surface area contributed by atoms with Crippen LogP contribution in [-0.2, 0) is 17.6 Å². The van der Waals surface area contributed by atoms with Gasteiger partial charge in [0.05, 0.1) is 17.1 Å². The Morgan fingerprint density at radius 2 is 2.05 bits per heavy atom. The molecular weight excluding hydrogens is 304 g/mol. The van der Waals surface area contributed by atoms with Gasteiger partial charge < -0.3 is 0 Å². The molecule has 0 unspecified atom stereocenters. The Labute approximate surface area is 128 Å². The molecule has 0 aliphatic carbocycles. The molecule has 110 valence electrons. The predicted molar refractivity (Wildman–Crippen MR) is 76.4 cm³/mol. The highest BCUT2D eigenvalue weighted by atomic mass is 32.1. The third kappa shape index (κ3) is 3.26. The number of pyridine rings is 1. The Morgan fingerprint density at radius 1 is 1.23 bits per heavy atom. The van der Waals surface area contributed by atoms with E-state index in [9.17, 15) is 9.59 Å². The molecule has 0 aromatic carbocycles. The summed E-state index contributed by atoms with van der Waals surface area (Å²) in [6.07, 6.45) is 4.04. The number of nitrogens with zero attached hydrogens (tertiary/aromatic N) is 5. The number of aromatic nitrogens is 6. The van der Waals surface area contributed by atoms with Gasteiger partial charge in [-0.2, -0.15) is 5.21 Å². The Bertz CT molecular complexity index is 784. The minimum atomic E-state index is -0.766. The first kappa shape index (κ1) is 14.1. The third-order valence-corrected chi connectivity index (χ3v) is 3.75. The van der Waals surface area contributed by atoms with Crippen LogP contribution < -0.4 is 0 Å². The molecule has 1 N–H and O–H groups in total. The summed E-state index contributed by atoms with van der Waals surface area (Å²) in [7, 11) is 0. The fraction of sp³-hybridized carbons (Fsp3) is 0.154. The molecule has 0 aliphatic heterocycles. The zero-order valence-corrected chi connectivity index (χ0v) is 12.1. The SMILES string of the molecule is O=C(Cc1csc(Cc2ccncc2)n1)C(=O)c1nn[nH]n1. The lowest BCUT2D eigenvalue weighted by atomic mass is 10.1. The van der Waals surface area contributed by atoms with Crippen molar-refractivity contribution in [2.24, 2.45) is 0 Å². The molecular formula is C13H10N6O2S. The fourth-order valence-corrected chi connectivity index (χ4v) is 2.64. The van der Waals surface area contributed by atoms with Crippen molar-refractivity contribution < 1.29 is 9.59 Å². The number of ketones is 2. The number of carbonyl (C=O) groups is 2. The average Bonchev–Trinajstić information content (AvgIpc) is 3.19. The van der Waals surface area contributed by atoms with E-state index >= 15 is 0 Å². The molecule has 0 radical (unpaired) electrons. The smallest absolute Gasteiger partial charge is 0.269 e. The van der Waals surface area contributed by atoms with E-state index < -0.39 is 11.6 Å². The van der Waals surface area contributed by atoms with Gasteiger partial charge in [0.1, 0.15) is 0 Å². The summed E-state index contributed by atoms with van der Waals surface area (Å²) >= 11 is 1.45. The van der Waals surface area contributed by atoms with Crippen molar-refractivity contribution in [2.75, 3.05) is 0 Å². The van der Waals surface area contributed by atoms with Crippen molar-refractivity contribution in [1.29, 1.82) is 0 Å². The maximum Gasteiger partial charge on any atom is 0.269 e. The number of thiazole rings is 1. The molecule has 3 aromatic heterocycles. The van der Waals surface area contributed by atoms with Crippen LogP contribution in [0.4, 0.5) is 0 Å². The van der Waals surface area contributed by atoms with Gasteiger partial charge in [-0.15, -0.1) is 21.5 Å². The Kier molecular flexibility index (Phi) is 4.05. The van der Waals surface area contributed by atoms with Gasteiger partial charge in [-0.05, 0) is 22.9 Å². The summed E-state index contributed by atoms with van der Waals surface area (Å²) in [6.45, 7) is 0. The number of nitrogens with one attached hydrogen (secondary N) is 1. The van der Waals surface area contributed by atoms with Gasteiger partial charge in [0.15, 0.2) is 0 Å². The molecule has 8 nitrogen and oxygen atoms in total. The van der Waals surface area contributed by atoms with E-state index in [0.717, 1.165) is 10.6 Å². The van der Waals surface area contributed by atoms with E-state index in [1.165, 1.54) is 11.3 Å². The van der Waals surface area contributed by atoms with E-state index in [1.54, 1.807) is 17.8 Å². The van der Waals surface area contributed by atoms with E-state index in [2.05, 4.69) is 30.6 Å². The van der Waals surface area contributed by atoms with Gasteiger partial charge in [-0.1, -0.05) is 0 Å². The molecule has 0 spiro atoms. The molecule has 0 saturated heterocycles. The quantitative estimate of drug-likeness (QED) is 0.524.